The van der Waals surface area contributed by atoms with E-state index in [9.17, 15) is 9.59 Å². The minimum Gasteiger partial charge on any atom is -0.480 e. The summed E-state index contributed by atoms with van der Waals surface area (Å²) in [5, 5.41) is 11.2. The maximum atomic E-state index is 11.6. The van der Waals surface area contributed by atoms with Crippen LogP contribution in [0.15, 0.2) is 34.8 Å². The maximum Gasteiger partial charge on any atom is 0.326 e. The summed E-state index contributed by atoms with van der Waals surface area (Å²) in [5.41, 5.74) is 1.33. The molecule has 0 bridgehead atoms. The number of amides is 1. The molecule has 0 aliphatic carbocycles. The maximum absolute atomic E-state index is 11.6. The molecule has 1 aromatic heterocycles. The Labute approximate surface area is 115 Å². The van der Waals surface area contributed by atoms with E-state index in [1.165, 1.54) is 12.2 Å². The highest BCUT2D eigenvalue weighted by atomic mass is 16.4. The van der Waals surface area contributed by atoms with E-state index < -0.39 is 17.9 Å². The molecule has 6 nitrogen and oxygen atoms in total. The van der Waals surface area contributed by atoms with Gasteiger partial charge < -0.3 is 14.8 Å². The van der Waals surface area contributed by atoms with Gasteiger partial charge in [-0.1, -0.05) is 19.1 Å². The summed E-state index contributed by atoms with van der Waals surface area (Å²) in [6.07, 6.45) is 2.93. The zero-order chi connectivity index (χ0) is 14.5. The molecule has 0 fully saturated rings. The van der Waals surface area contributed by atoms with Crippen molar-refractivity contribution in [3.05, 3.63) is 36.2 Å². The monoisotopic (exact) mass is 274 g/mol. The molecule has 2 aromatic rings. The molecule has 0 aliphatic rings. The molecule has 104 valence electrons. The number of rotatable bonds is 5. The highest BCUT2D eigenvalue weighted by molar-refractivity contribution is 5.94. The Morgan fingerprint density at radius 1 is 1.45 bits per heavy atom. The van der Waals surface area contributed by atoms with Crippen LogP contribution in [0.25, 0.3) is 17.2 Å². The molecule has 1 amide bonds. The smallest absolute Gasteiger partial charge is 0.326 e. The van der Waals surface area contributed by atoms with Crippen LogP contribution in [-0.2, 0) is 9.59 Å². The fourth-order valence-corrected chi connectivity index (χ4v) is 1.67. The van der Waals surface area contributed by atoms with Crippen LogP contribution in [0.4, 0.5) is 0 Å². The number of nitrogens with one attached hydrogen (secondary N) is 1. The van der Waals surface area contributed by atoms with Gasteiger partial charge in [-0.05, 0) is 18.6 Å². The van der Waals surface area contributed by atoms with Crippen molar-refractivity contribution in [1.82, 2.24) is 10.3 Å². The van der Waals surface area contributed by atoms with E-state index >= 15 is 0 Å². The van der Waals surface area contributed by atoms with Crippen LogP contribution < -0.4 is 5.32 Å². The van der Waals surface area contributed by atoms with Crippen LogP contribution >= 0.6 is 0 Å². The number of oxazole rings is 1. The van der Waals surface area contributed by atoms with Gasteiger partial charge in [0.05, 0.1) is 0 Å². The fraction of sp³-hybridized carbons (Fsp3) is 0.214. The first kappa shape index (κ1) is 13.8. The van der Waals surface area contributed by atoms with Crippen LogP contribution in [0.3, 0.4) is 0 Å². The Kier molecular flexibility index (Phi) is 4.14. The molecule has 1 heterocycles. The second-order valence-electron chi connectivity index (χ2n) is 4.16. The molecule has 20 heavy (non-hydrogen) atoms. The zero-order valence-corrected chi connectivity index (χ0v) is 10.9. The Balaban J connectivity index is 2.05. The molecule has 0 saturated heterocycles. The van der Waals surface area contributed by atoms with E-state index in [0.29, 0.717) is 23.4 Å². The number of carbonyl (C=O) groups excluding carboxylic acids is 1. The molecular formula is C14H14N2O4. The summed E-state index contributed by atoms with van der Waals surface area (Å²) in [6.45, 7) is 1.68. The van der Waals surface area contributed by atoms with E-state index in [0.717, 1.165) is 0 Å². The summed E-state index contributed by atoms with van der Waals surface area (Å²) in [6, 6.07) is 6.34. The number of nitrogens with zero attached hydrogens (tertiary/aromatic N) is 1. The molecule has 2 N–H and O–H groups in total. The number of carbonyl (C=O) groups is 2. The minimum absolute atomic E-state index is 0.296. The molecule has 0 spiro atoms. The van der Waals surface area contributed by atoms with Crippen molar-refractivity contribution in [1.29, 1.82) is 0 Å². The van der Waals surface area contributed by atoms with E-state index in [1.54, 1.807) is 19.1 Å². The predicted octanol–water partition coefficient (Wildman–Crippen LogP) is 1.82. The molecule has 1 atom stereocenters. The van der Waals surface area contributed by atoms with E-state index in [4.69, 9.17) is 9.52 Å². The zero-order valence-electron chi connectivity index (χ0n) is 10.9. The Morgan fingerprint density at radius 2 is 2.20 bits per heavy atom. The Hall–Kier alpha value is -2.63. The third kappa shape index (κ3) is 3.23. The van der Waals surface area contributed by atoms with Crippen molar-refractivity contribution < 1.29 is 19.1 Å². The number of para-hydroxylation sites is 2. The number of benzene rings is 1. The number of aromatic nitrogens is 1. The first-order valence-electron chi connectivity index (χ1n) is 6.17. The van der Waals surface area contributed by atoms with Crippen LogP contribution in [0.2, 0.25) is 0 Å². The lowest BCUT2D eigenvalue weighted by molar-refractivity contribution is -0.141. The fourth-order valence-electron chi connectivity index (χ4n) is 1.67. The lowest BCUT2D eigenvalue weighted by Crippen LogP contribution is -2.39. The summed E-state index contributed by atoms with van der Waals surface area (Å²) >= 11 is 0. The lowest BCUT2D eigenvalue weighted by Gasteiger charge is -2.09. The highest BCUT2D eigenvalue weighted by Gasteiger charge is 2.15. The van der Waals surface area contributed by atoms with Gasteiger partial charge in [0.25, 0.3) is 0 Å². The quantitative estimate of drug-likeness (QED) is 0.811. The lowest BCUT2D eigenvalue weighted by atomic mass is 10.2. The first-order chi connectivity index (χ1) is 9.60. The third-order valence-electron chi connectivity index (χ3n) is 2.71. The van der Waals surface area contributed by atoms with Crippen molar-refractivity contribution in [3.63, 3.8) is 0 Å². The first-order valence-corrected chi connectivity index (χ1v) is 6.17. The molecule has 0 saturated carbocycles. The normalized spacial score (nSPS) is 12.7. The van der Waals surface area contributed by atoms with Crippen molar-refractivity contribution >= 4 is 29.1 Å². The second-order valence-corrected chi connectivity index (χ2v) is 4.16. The summed E-state index contributed by atoms with van der Waals surface area (Å²) in [7, 11) is 0. The predicted molar refractivity (Wildman–Crippen MR) is 72.9 cm³/mol. The molecule has 0 radical (unpaired) electrons. The van der Waals surface area contributed by atoms with Gasteiger partial charge in [-0.25, -0.2) is 9.78 Å². The van der Waals surface area contributed by atoms with Gasteiger partial charge in [0, 0.05) is 12.2 Å². The molecule has 6 heteroatoms. The van der Waals surface area contributed by atoms with Crippen molar-refractivity contribution in [2.45, 2.75) is 19.4 Å². The van der Waals surface area contributed by atoms with Gasteiger partial charge in [-0.3, -0.25) is 4.79 Å². The summed E-state index contributed by atoms with van der Waals surface area (Å²) < 4.78 is 5.40. The van der Waals surface area contributed by atoms with Gasteiger partial charge in [0.2, 0.25) is 11.8 Å². The van der Waals surface area contributed by atoms with Crippen LogP contribution in [-0.4, -0.2) is 28.0 Å². The van der Waals surface area contributed by atoms with Crippen LogP contribution in [0.1, 0.15) is 19.2 Å². The number of fused-ring (bicyclic) bond motifs is 1. The van der Waals surface area contributed by atoms with Gasteiger partial charge in [-0.15, -0.1) is 0 Å². The van der Waals surface area contributed by atoms with Crippen molar-refractivity contribution in [3.8, 4) is 0 Å². The summed E-state index contributed by atoms with van der Waals surface area (Å²) in [5.74, 6) is -1.26. The molecule has 1 aromatic carbocycles. The largest absolute Gasteiger partial charge is 0.480 e. The number of hydrogen-bond donors (Lipinski definition) is 2. The number of carboxylic acids is 1. The van der Waals surface area contributed by atoms with Gasteiger partial charge in [0.1, 0.15) is 11.6 Å². The van der Waals surface area contributed by atoms with Crippen molar-refractivity contribution in [2.75, 3.05) is 0 Å². The number of hydrogen-bond acceptors (Lipinski definition) is 4. The van der Waals surface area contributed by atoms with E-state index in [-0.39, 0.29) is 0 Å². The van der Waals surface area contributed by atoms with Gasteiger partial charge in [0.15, 0.2) is 5.58 Å². The van der Waals surface area contributed by atoms with Crippen molar-refractivity contribution in [2.24, 2.45) is 0 Å². The van der Waals surface area contributed by atoms with Crippen LogP contribution in [0, 0.1) is 0 Å². The van der Waals surface area contributed by atoms with Gasteiger partial charge >= 0.3 is 5.97 Å². The van der Waals surface area contributed by atoms with Crippen LogP contribution in [0.5, 0.6) is 0 Å². The Morgan fingerprint density at radius 3 is 2.85 bits per heavy atom. The third-order valence-corrected chi connectivity index (χ3v) is 2.71. The van der Waals surface area contributed by atoms with E-state index in [2.05, 4.69) is 10.3 Å². The topological polar surface area (TPSA) is 92.4 Å². The second kappa shape index (κ2) is 6.01. The molecule has 2 rings (SSSR count). The molecule has 0 aliphatic heterocycles. The highest BCUT2D eigenvalue weighted by Crippen LogP contribution is 2.15. The number of aliphatic carboxylic acids is 1. The average Bonchev–Trinajstić information content (AvgIpc) is 2.85. The van der Waals surface area contributed by atoms with E-state index in [1.807, 2.05) is 12.1 Å². The SMILES string of the molecule is CC[C@H](NC(=O)/C=C/c1nc2ccccc2o1)C(=O)O. The minimum atomic E-state index is -1.06. The Bertz CT molecular complexity index is 627. The average molecular weight is 274 g/mol. The standard InChI is InChI=1S/C14H14N2O4/c1-2-9(14(18)19)15-12(17)7-8-13-16-10-5-3-4-6-11(10)20-13/h3-9H,2H2,1H3,(H,15,17)(H,18,19)/b8-7+/t9-/m0/s1. The van der Waals surface area contributed by atoms with Gasteiger partial charge in [-0.2, -0.15) is 0 Å². The summed E-state index contributed by atoms with van der Waals surface area (Å²) in [4.78, 5) is 26.5. The molecule has 0 unspecified atom stereocenters. The molecular weight excluding hydrogens is 260 g/mol. The number of carboxylic acid groups (broad SMARTS) is 1.